The molecule has 0 spiro atoms. The fourth-order valence-electron chi connectivity index (χ4n) is 3.69. The van der Waals surface area contributed by atoms with Crippen molar-refractivity contribution in [1.29, 1.82) is 0 Å². The maximum atomic E-state index is 13.1. The lowest BCUT2D eigenvalue weighted by Crippen LogP contribution is -2.27. The van der Waals surface area contributed by atoms with Crippen LogP contribution in [-0.4, -0.2) is 51.8 Å². The maximum Gasteiger partial charge on any atom is 0.226 e. The highest BCUT2D eigenvalue weighted by Crippen LogP contribution is 2.21. The van der Waals surface area contributed by atoms with E-state index in [1.54, 1.807) is 24.1 Å². The molecule has 9 heteroatoms. The third-order valence-electron chi connectivity index (χ3n) is 5.73. The molecule has 0 fully saturated rings. The summed E-state index contributed by atoms with van der Waals surface area (Å²) in [6.07, 6.45) is 3.16. The summed E-state index contributed by atoms with van der Waals surface area (Å²) in [5, 5.41) is 11.3. The largest absolute Gasteiger partial charge is 0.497 e. The average molecular weight is 478 g/mol. The molecule has 2 aromatic heterocycles. The zero-order valence-electron chi connectivity index (χ0n) is 19.8. The lowest BCUT2D eigenvalue weighted by Gasteiger charge is -2.16. The zero-order valence-corrected chi connectivity index (χ0v) is 19.8. The van der Waals surface area contributed by atoms with Crippen molar-refractivity contribution in [2.75, 3.05) is 20.7 Å². The standard InChI is InChI=1S/C26H28FN5O3/c1-32(16-4-5-21-17-23(30-29-21)18-8-12-20(27)13-9-18)25(33)7-3-6-24-28-26(31-35-24)19-10-14-22(34-2)15-11-19/h8-15,17H,3-7,16H2,1-2H3,(H,29,30). The van der Waals surface area contributed by atoms with Crippen LogP contribution in [0.25, 0.3) is 22.6 Å². The first kappa shape index (κ1) is 24.1. The van der Waals surface area contributed by atoms with E-state index in [0.717, 1.165) is 41.1 Å². The van der Waals surface area contributed by atoms with Gasteiger partial charge in [-0.15, -0.1) is 0 Å². The van der Waals surface area contributed by atoms with Gasteiger partial charge in [0.1, 0.15) is 11.6 Å². The van der Waals surface area contributed by atoms with E-state index in [9.17, 15) is 9.18 Å². The molecule has 0 bridgehead atoms. The van der Waals surface area contributed by atoms with E-state index in [1.165, 1.54) is 12.1 Å². The molecule has 4 rings (SSSR count). The monoisotopic (exact) mass is 477 g/mol. The molecule has 0 radical (unpaired) electrons. The van der Waals surface area contributed by atoms with Crippen LogP contribution in [-0.2, 0) is 17.6 Å². The fraction of sp³-hybridized carbons (Fsp3) is 0.308. The number of aromatic amines is 1. The zero-order chi connectivity index (χ0) is 24.6. The van der Waals surface area contributed by atoms with Gasteiger partial charge in [-0.3, -0.25) is 9.89 Å². The van der Waals surface area contributed by atoms with E-state index in [0.29, 0.717) is 37.5 Å². The summed E-state index contributed by atoms with van der Waals surface area (Å²) in [5.41, 5.74) is 3.46. The first-order valence-corrected chi connectivity index (χ1v) is 11.5. The van der Waals surface area contributed by atoms with Gasteiger partial charge in [-0.25, -0.2) is 4.39 Å². The minimum Gasteiger partial charge on any atom is -0.497 e. The summed E-state index contributed by atoms with van der Waals surface area (Å²) in [6, 6.07) is 15.6. The van der Waals surface area contributed by atoms with Crippen LogP contribution in [0, 0.1) is 5.82 Å². The summed E-state index contributed by atoms with van der Waals surface area (Å²) in [4.78, 5) is 18.6. The number of hydrogen-bond acceptors (Lipinski definition) is 6. The van der Waals surface area contributed by atoms with Gasteiger partial charge in [0, 0.05) is 43.3 Å². The third-order valence-corrected chi connectivity index (χ3v) is 5.73. The van der Waals surface area contributed by atoms with Crippen molar-refractivity contribution in [2.24, 2.45) is 0 Å². The van der Waals surface area contributed by atoms with Crippen LogP contribution in [0.5, 0.6) is 5.75 Å². The van der Waals surface area contributed by atoms with Crippen LogP contribution in [0.15, 0.2) is 59.1 Å². The molecule has 0 aliphatic rings. The first-order valence-electron chi connectivity index (χ1n) is 11.5. The molecule has 0 aliphatic heterocycles. The van der Waals surface area contributed by atoms with E-state index in [1.807, 2.05) is 37.4 Å². The van der Waals surface area contributed by atoms with Gasteiger partial charge in [-0.2, -0.15) is 10.1 Å². The predicted molar refractivity (Wildman–Crippen MR) is 129 cm³/mol. The van der Waals surface area contributed by atoms with Crippen LogP contribution in [0.3, 0.4) is 0 Å². The smallest absolute Gasteiger partial charge is 0.226 e. The molecule has 0 aliphatic carbocycles. The highest BCUT2D eigenvalue weighted by molar-refractivity contribution is 5.75. The number of carbonyl (C=O) groups excluding carboxylic acids is 1. The molecule has 1 amide bonds. The summed E-state index contributed by atoms with van der Waals surface area (Å²) in [5.74, 6) is 1.61. The Labute approximate surface area is 203 Å². The van der Waals surface area contributed by atoms with Gasteiger partial charge < -0.3 is 14.2 Å². The highest BCUT2D eigenvalue weighted by Gasteiger charge is 2.12. The Balaban J connectivity index is 1.17. The third kappa shape index (κ3) is 6.53. The van der Waals surface area contributed by atoms with Crippen molar-refractivity contribution >= 4 is 5.91 Å². The van der Waals surface area contributed by atoms with Gasteiger partial charge >= 0.3 is 0 Å². The number of nitrogens with zero attached hydrogens (tertiary/aromatic N) is 4. The average Bonchev–Trinajstić information content (AvgIpc) is 3.54. The van der Waals surface area contributed by atoms with Gasteiger partial charge in [0.2, 0.25) is 17.6 Å². The summed E-state index contributed by atoms with van der Waals surface area (Å²) in [7, 11) is 3.43. The minimum atomic E-state index is -0.271. The SMILES string of the molecule is COc1ccc(-c2noc(CCCC(=O)N(C)CCCc3cc(-c4ccc(F)cc4)n[nH]3)n2)cc1. The van der Waals surface area contributed by atoms with Gasteiger partial charge in [0.25, 0.3) is 0 Å². The van der Waals surface area contributed by atoms with E-state index >= 15 is 0 Å². The number of carbonyl (C=O) groups is 1. The number of aryl methyl sites for hydroxylation is 2. The van der Waals surface area contributed by atoms with Crippen molar-refractivity contribution in [3.05, 3.63) is 72.0 Å². The lowest BCUT2D eigenvalue weighted by atomic mass is 10.1. The van der Waals surface area contributed by atoms with Gasteiger partial charge in [-0.05, 0) is 73.9 Å². The number of methoxy groups -OCH3 is 1. The molecule has 0 saturated carbocycles. The number of amides is 1. The van der Waals surface area contributed by atoms with Crippen molar-refractivity contribution in [2.45, 2.75) is 32.1 Å². The topological polar surface area (TPSA) is 97.1 Å². The fourth-order valence-corrected chi connectivity index (χ4v) is 3.69. The second kappa shape index (κ2) is 11.4. The number of nitrogens with one attached hydrogen (secondary N) is 1. The number of halogens is 1. The Morgan fingerprint density at radius 3 is 2.54 bits per heavy atom. The number of rotatable bonds is 11. The Morgan fingerprint density at radius 1 is 1.06 bits per heavy atom. The maximum absolute atomic E-state index is 13.1. The van der Waals surface area contributed by atoms with Gasteiger partial charge in [0.05, 0.1) is 12.8 Å². The Morgan fingerprint density at radius 2 is 1.80 bits per heavy atom. The van der Waals surface area contributed by atoms with Crippen LogP contribution in [0.1, 0.15) is 30.8 Å². The molecule has 4 aromatic rings. The Kier molecular flexibility index (Phi) is 7.87. The minimum absolute atomic E-state index is 0.0801. The number of aromatic nitrogens is 4. The molecule has 8 nitrogen and oxygen atoms in total. The van der Waals surface area contributed by atoms with Gasteiger partial charge in [0.15, 0.2) is 0 Å². The van der Waals surface area contributed by atoms with E-state index in [-0.39, 0.29) is 11.7 Å². The molecular weight excluding hydrogens is 449 g/mol. The summed E-state index contributed by atoms with van der Waals surface area (Å²) >= 11 is 0. The van der Waals surface area contributed by atoms with E-state index < -0.39 is 0 Å². The molecule has 35 heavy (non-hydrogen) atoms. The number of H-pyrrole nitrogens is 1. The number of ether oxygens (including phenoxy) is 1. The van der Waals surface area contributed by atoms with Crippen molar-refractivity contribution < 1.29 is 18.4 Å². The van der Waals surface area contributed by atoms with E-state index in [2.05, 4.69) is 20.3 Å². The molecule has 2 aromatic carbocycles. The Bertz CT molecular complexity index is 1230. The molecule has 0 atom stereocenters. The second-order valence-corrected chi connectivity index (χ2v) is 8.30. The molecular formula is C26H28FN5O3. The first-order chi connectivity index (χ1) is 17.0. The molecule has 182 valence electrons. The van der Waals surface area contributed by atoms with Crippen LogP contribution < -0.4 is 4.74 Å². The normalized spacial score (nSPS) is 10.9. The van der Waals surface area contributed by atoms with Crippen LogP contribution in [0.2, 0.25) is 0 Å². The molecule has 0 unspecified atom stereocenters. The van der Waals surface area contributed by atoms with Crippen LogP contribution in [0.4, 0.5) is 4.39 Å². The predicted octanol–water partition coefficient (Wildman–Crippen LogP) is 4.69. The molecule has 1 N–H and O–H groups in total. The Hall–Kier alpha value is -4.01. The lowest BCUT2D eigenvalue weighted by molar-refractivity contribution is -0.130. The molecule has 2 heterocycles. The summed E-state index contributed by atoms with van der Waals surface area (Å²) in [6.45, 7) is 0.645. The molecule has 0 saturated heterocycles. The number of benzene rings is 2. The van der Waals surface area contributed by atoms with Crippen LogP contribution >= 0.6 is 0 Å². The number of hydrogen-bond donors (Lipinski definition) is 1. The highest BCUT2D eigenvalue weighted by atomic mass is 19.1. The van der Waals surface area contributed by atoms with E-state index in [4.69, 9.17) is 9.26 Å². The quantitative estimate of drug-likeness (QED) is 0.337. The van der Waals surface area contributed by atoms with Crippen molar-refractivity contribution in [3.63, 3.8) is 0 Å². The van der Waals surface area contributed by atoms with Crippen molar-refractivity contribution in [1.82, 2.24) is 25.2 Å². The second-order valence-electron chi connectivity index (χ2n) is 8.30. The summed E-state index contributed by atoms with van der Waals surface area (Å²) < 4.78 is 23.6. The van der Waals surface area contributed by atoms with Gasteiger partial charge in [-0.1, -0.05) is 5.16 Å². The van der Waals surface area contributed by atoms with Crippen molar-refractivity contribution in [3.8, 4) is 28.4 Å².